The van der Waals surface area contributed by atoms with Crippen LogP contribution in [-0.2, 0) is 6.54 Å². The van der Waals surface area contributed by atoms with Crippen LogP contribution in [0.25, 0.3) is 0 Å². The Morgan fingerprint density at radius 2 is 2.55 bits per heavy atom. The molecule has 3 nitrogen and oxygen atoms in total. The van der Waals surface area contributed by atoms with Crippen LogP contribution >= 0.6 is 15.9 Å². The van der Waals surface area contributed by atoms with Crippen molar-refractivity contribution in [2.24, 2.45) is 11.7 Å². The number of hydrogen-bond acceptors (Lipinski definition) is 2. The van der Waals surface area contributed by atoms with Crippen LogP contribution in [0.2, 0.25) is 0 Å². The van der Waals surface area contributed by atoms with Crippen LogP contribution in [0.5, 0.6) is 0 Å². The molecule has 1 heterocycles. The fourth-order valence-electron chi connectivity index (χ4n) is 0.832. The summed E-state index contributed by atoms with van der Waals surface area (Å²) in [5.41, 5.74) is 5.47. The SMILES string of the molecule is C[C@@H](CN)Cn1cc(Br)cn1. The van der Waals surface area contributed by atoms with Gasteiger partial charge in [0.2, 0.25) is 0 Å². The third kappa shape index (κ3) is 2.63. The molecule has 0 spiro atoms. The molecule has 11 heavy (non-hydrogen) atoms. The lowest BCUT2D eigenvalue weighted by molar-refractivity contribution is 0.458. The zero-order chi connectivity index (χ0) is 8.27. The third-order valence-electron chi connectivity index (χ3n) is 1.50. The van der Waals surface area contributed by atoms with E-state index < -0.39 is 0 Å². The maximum absolute atomic E-state index is 5.47. The molecule has 0 saturated heterocycles. The van der Waals surface area contributed by atoms with Gasteiger partial charge >= 0.3 is 0 Å². The maximum Gasteiger partial charge on any atom is 0.0632 e. The number of aromatic nitrogens is 2. The van der Waals surface area contributed by atoms with E-state index in [1.54, 1.807) is 6.20 Å². The van der Waals surface area contributed by atoms with Crippen molar-refractivity contribution < 1.29 is 0 Å². The summed E-state index contributed by atoms with van der Waals surface area (Å²) >= 11 is 3.33. The Morgan fingerprint density at radius 3 is 3.00 bits per heavy atom. The normalized spacial score (nSPS) is 13.4. The van der Waals surface area contributed by atoms with Gasteiger partial charge in [-0.2, -0.15) is 5.10 Å². The van der Waals surface area contributed by atoms with Crippen molar-refractivity contribution in [2.45, 2.75) is 13.5 Å². The van der Waals surface area contributed by atoms with Crippen molar-refractivity contribution in [3.63, 3.8) is 0 Å². The Balaban J connectivity index is 2.50. The predicted molar refractivity (Wildman–Crippen MR) is 48.1 cm³/mol. The molecule has 0 unspecified atom stereocenters. The lowest BCUT2D eigenvalue weighted by Gasteiger charge is -2.06. The van der Waals surface area contributed by atoms with Crippen LogP contribution in [0.3, 0.4) is 0 Å². The molecule has 1 aromatic heterocycles. The second-order valence-corrected chi connectivity index (χ2v) is 3.64. The minimum atomic E-state index is 0.488. The molecule has 0 aliphatic heterocycles. The first-order valence-corrected chi connectivity index (χ1v) is 4.39. The van der Waals surface area contributed by atoms with Gasteiger partial charge in [0.25, 0.3) is 0 Å². The molecule has 1 atom stereocenters. The van der Waals surface area contributed by atoms with Crippen LogP contribution in [-0.4, -0.2) is 16.3 Å². The second kappa shape index (κ2) is 3.88. The Morgan fingerprint density at radius 1 is 1.82 bits per heavy atom. The average molecular weight is 218 g/mol. The topological polar surface area (TPSA) is 43.8 Å². The van der Waals surface area contributed by atoms with E-state index >= 15 is 0 Å². The molecule has 4 heteroatoms. The highest BCUT2D eigenvalue weighted by Crippen LogP contribution is 2.07. The fourth-order valence-corrected chi connectivity index (χ4v) is 1.16. The Kier molecular flexibility index (Phi) is 3.08. The molecule has 1 rings (SSSR count). The highest BCUT2D eigenvalue weighted by atomic mass is 79.9. The molecular formula is C7H12BrN3. The first-order chi connectivity index (χ1) is 5.22. The number of halogens is 1. The summed E-state index contributed by atoms with van der Waals surface area (Å²) in [5, 5.41) is 4.12. The Hall–Kier alpha value is -0.350. The summed E-state index contributed by atoms with van der Waals surface area (Å²) in [5.74, 6) is 0.488. The zero-order valence-corrected chi connectivity index (χ0v) is 8.08. The molecule has 0 bridgehead atoms. The molecule has 0 aliphatic rings. The maximum atomic E-state index is 5.47. The average Bonchev–Trinajstić information content (AvgIpc) is 2.35. The second-order valence-electron chi connectivity index (χ2n) is 2.72. The minimum absolute atomic E-state index is 0.488. The lowest BCUT2D eigenvalue weighted by Crippen LogP contribution is -2.17. The van der Waals surface area contributed by atoms with Gasteiger partial charge < -0.3 is 5.73 Å². The van der Waals surface area contributed by atoms with Crippen LogP contribution in [0, 0.1) is 5.92 Å². The van der Waals surface area contributed by atoms with Crippen LogP contribution in [0.4, 0.5) is 0 Å². The van der Waals surface area contributed by atoms with Gasteiger partial charge in [-0.25, -0.2) is 0 Å². The van der Waals surface area contributed by atoms with Gasteiger partial charge in [0, 0.05) is 12.7 Å². The van der Waals surface area contributed by atoms with Crippen molar-refractivity contribution in [2.75, 3.05) is 6.54 Å². The minimum Gasteiger partial charge on any atom is -0.330 e. The van der Waals surface area contributed by atoms with Crippen LogP contribution in [0.1, 0.15) is 6.92 Å². The summed E-state index contributed by atoms with van der Waals surface area (Å²) in [6.45, 7) is 3.70. The highest BCUT2D eigenvalue weighted by Gasteiger charge is 2.00. The molecule has 0 aromatic carbocycles. The largest absolute Gasteiger partial charge is 0.330 e. The third-order valence-corrected chi connectivity index (χ3v) is 1.91. The smallest absolute Gasteiger partial charge is 0.0632 e. The van der Waals surface area contributed by atoms with Crippen molar-refractivity contribution in [3.05, 3.63) is 16.9 Å². The van der Waals surface area contributed by atoms with Crippen molar-refractivity contribution >= 4 is 15.9 Å². The molecule has 2 N–H and O–H groups in total. The van der Waals surface area contributed by atoms with E-state index in [1.807, 2.05) is 10.9 Å². The molecule has 0 saturated carbocycles. The van der Waals surface area contributed by atoms with Crippen molar-refractivity contribution in [3.8, 4) is 0 Å². The van der Waals surface area contributed by atoms with Gasteiger partial charge in [0.15, 0.2) is 0 Å². The van der Waals surface area contributed by atoms with Gasteiger partial charge in [0.1, 0.15) is 0 Å². The zero-order valence-electron chi connectivity index (χ0n) is 6.50. The van der Waals surface area contributed by atoms with Gasteiger partial charge in [-0.15, -0.1) is 0 Å². The highest BCUT2D eigenvalue weighted by molar-refractivity contribution is 9.10. The summed E-state index contributed by atoms with van der Waals surface area (Å²) in [6, 6.07) is 0. The van der Waals surface area contributed by atoms with E-state index in [2.05, 4.69) is 28.0 Å². The summed E-state index contributed by atoms with van der Waals surface area (Å²) in [6.07, 6.45) is 3.73. The molecule has 0 radical (unpaired) electrons. The van der Waals surface area contributed by atoms with E-state index in [-0.39, 0.29) is 0 Å². The quantitative estimate of drug-likeness (QED) is 0.829. The summed E-state index contributed by atoms with van der Waals surface area (Å²) in [4.78, 5) is 0. The predicted octanol–water partition coefficient (Wildman–Crippen LogP) is 1.24. The fraction of sp³-hybridized carbons (Fsp3) is 0.571. The van der Waals surface area contributed by atoms with Crippen LogP contribution < -0.4 is 5.73 Å². The van der Waals surface area contributed by atoms with E-state index in [4.69, 9.17) is 5.73 Å². The summed E-state index contributed by atoms with van der Waals surface area (Å²) < 4.78 is 2.91. The molecule has 0 aliphatic carbocycles. The number of rotatable bonds is 3. The Bertz CT molecular complexity index is 221. The summed E-state index contributed by atoms with van der Waals surface area (Å²) in [7, 11) is 0. The number of hydrogen-bond donors (Lipinski definition) is 1. The lowest BCUT2D eigenvalue weighted by atomic mass is 10.2. The number of nitrogens with two attached hydrogens (primary N) is 1. The van der Waals surface area contributed by atoms with E-state index in [0.717, 1.165) is 11.0 Å². The van der Waals surface area contributed by atoms with E-state index in [9.17, 15) is 0 Å². The molecule has 1 aromatic rings. The molecule has 0 amide bonds. The van der Waals surface area contributed by atoms with E-state index in [0.29, 0.717) is 12.5 Å². The monoisotopic (exact) mass is 217 g/mol. The first-order valence-electron chi connectivity index (χ1n) is 3.60. The van der Waals surface area contributed by atoms with Crippen molar-refractivity contribution in [1.82, 2.24) is 9.78 Å². The van der Waals surface area contributed by atoms with Crippen molar-refractivity contribution in [1.29, 1.82) is 0 Å². The Labute approximate surface area is 74.7 Å². The van der Waals surface area contributed by atoms with Gasteiger partial charge in [-0.05, 0) is 28.4 Å². The van der Waals surface area contributed by atoms with Gasteiger partial charge in [0.05, 0.1) is 10.7 Å². The molecular weight excluding hydrogens is 206 g/mol. The molecule has 62 valence electrons. The standard InChI is InChI=1S/C7H12BrN3/c1-6(2-9)4-11-5-7(8)3-10-11/h3,5-6H,2,4,9H2,1H3/t6-/m0/s1. The molecule has 0 fully saturated rings. The van der Waals surface area contributed by atoms with E-state index in [1.165, 1.54) is 0 Å². The van der Waals surface area contributed by atoms with Crippen LogP contribution in [0.15, 0.2) is 16.9 Å². The number of nitrogens with zero attached hydrogens (tertiary/aromatic N) is 2. The first kappa shape index (κ1) is 8.74. The van der Waals surface area contributed by atoms with Gasteiger partial charge in [-0.3, -0.25) is 4.68 Å². The van der Waals surface area contributed by atoms with Gasteiger partial charge in [-0.1, -0.05) is 6.92 Å².